The predicted octanol–water partition coefficient (Wildman–Crippen LogP) is 2.33. The van der Waals surface area contributed by atoms with Gasteiger partial charge in [0.25, 0.3) is 0 Å². The minimum absolute atomic E-state index is 0.0118. The first-order valence-electron chi connectivity index (χ1n) is 4.98. The second kappa shape index (κ2) is 6.89. The highest BCUT2D eigenvalue weighted by Crippen LogP contribution is 2.20. The Bertz CT molecular complexity index is 371. The largest absolute Gasteiger partial charge is 0.355 e. The maximum atomic E-state index is 10.6. The van der Waals surface area contributed by atoms with Crippen LogP contribution in [0.3, 0.4) is 0 Å². The summed E-state index contributed by atoms with van der Waals surface area (Å²) in [5.74, 6) is -0.0118. The quantitative estimate of drug-likeness (QED) is 0.820. The number of hydrogen-bond donors (Lipinski definition) is 2. The van der Waals surface area contributed by atoms with Gasteiger partial charge in [-0.25, -0.2) is 0 Å². The topological polar surface area (TPSA) is 41.1 Å². The third-order valence-corrected chi connectivity index (χ3v) is 2.86. The van der Waals surface area contributed by atoms with Crippen molar-refractivity contribution < 1.29 is 4.79 Å². The number of nitrogens with one attached hydrogen (secondary N) is 2. The van der Waals surface area contributed by atoms with Gasteiger partial charge in [0.05, 0.1) is 0 Å². The van der Waals surface area contributed by atoms with Crippen LogP contribution >= 0.6 is 27.5 Å². The number of rotatable bonds is 5. The maximum Gasteiger partial charge on any atom is 0.216 e. The van der Waals surface area contributed by atoms with Crippen LogP contribution in [0.4, 0.5) is 0 Å². The van der Waals surface area contributed by atoms with Crippen LogP contribution in [0.2, 0.25) is 5.02 Å². The van der Waals surface area contributed by atoms with Crippen molar-refractivity contribution in [3.8, 4) is 0 Å². The number of hydrogen-bond acceptors (Lipinski definition) is 2. The molecule has 0 radical (unpaired) electrons. The molecule has 0 saturated heterocycles. The Kier molecular flexibility index (Phi) is 5.80. The molecule has 16 heavy (non-hydrogen) atoms. The molecule has 1 amide bonds. The van der Waals surface area contributed by atoms with E-state index in [1.54, 1.807) is 0 Å². The fourth-order valence-corrected chi connectivity index (χ4v) is 1.82. The standard InChI is InChI=1S/C11H14BrClN2O/c1-8(16)15-5-4-14-7-9-6-10(12)2-3-11(9)13/h2-3,6,14H,4-5,7H2,1H3,(H,15,16). The number of carbonyl (C=O) groups is 1. The van der Waals surface area contributed by atoms with Crippen LogP contribution in [0, 0.1) is 0 Å². The van der Waals surface area contributed by atoms with E-state index in [2.05, 4.69) is 26.6 Å². The van der Waals surface area contributed by atoms with Crippen LogP contribution in [0.15, 0.2) is 22.7 Å². The molecule has 88 valence electrons. The zero-order valence-electron chi connectivity index (χ0n) is 9.02. The summed E-state index contributed by atoms with van der Waals surface area (Å²) >= 11 is 9.42. The average molecular weight is 306 g/mol. The van der Waals surface area contributed by atoms with Gasteiger partial charge >= 0.3 is 0 Å². The van der Waals surface area contributed by atoms with Crippen molar-refractivity contribution in [1.29, 1.82) is 0 Å². The molecule has 0 heterocycles. The van der Waals surface area contributed by atoms with Crippen LogP contribution in [-0.2, 0) is 11.3 Å². The van der Waals surface area contributed by atoms with Gasteiger partial charge in [-0.05, 0) is 23.8 Å². The van der Waals surface area contributed by atoms with Crippen LogP contribution < -0.4 is 10.6 Å². The average Bonchev–Trinajstić information content (AvgIpc) is 2.22. The zero-order valence-corrected chi connectivity index (χ0v) is 11.4. The second-order valence-corrected chi connectivity index (χ2v) is 4.72. The van der Waals surface area contributed by atoms with Gasteiger partial charge in [-0.2, -0.15) is 0 Å². The van der Waals surface area contributed by atoms with E-state index in [4.69, 9.17) is 11.6 Å². The summed E-state index contributed by atoms with van der Waals surface area (Å²) in [5.41, 5.74) is 1.04. The van der Waals surface area contributed by atoms with Crippen molar-refractivity contribution in [3.63, 3.8) is 0 Å². The van der Waals surface area contributed by atoms with Crippen molar-refractivity contribution in [2.24, 2.45) is 0 Å². The first-order valence-corrected chi connectivity index (χ1v) is 6.16. The normalized spacial score (nSPS) is 10.2. The highest BCUT2D eigenvalue weighted by Gasteiger charge is 2.00. The van der Waals surface area contributed by atoms with Crippen LogP contribution in [0.25, 0.3) is 0 Å². The predicted molar refractivity (Wildman–Crippen MR) is 69.5 cm³/mol. The van der Waals surface area contributed by atoms with Gasteiger partial charge in [0, 0.05) is 36.1 Å². The lowest BCUT2D eigenvalue weighted by atomic mass is 10.2. The smallest absolute Gasteiger partial charge is 0.216 e. The molecular weight excluding hydrogens is 291 g/mol. The molecule has 5 heteroatoms. The number of amides is 1. The van der Waals surface area contributed by atoms with Gasteiger partial charge in [-0.3, -0.25) is 4.79 Å². The summed E-state index contributed by atoms with van der Waals surface area (Å²) in [4.78, 5) is 10.6. The highest BCUT2D eigenvalue weighted by molar-refractivity contribution is 9.10. The number of halogens is 2. The molecule has 0 aliphatic rings. The minimum Gasteiger partial charge on any atom is -0.355 e. The van der Waals surface area contributed by atoms with E-state index in [9.17, 15) is 4.79 Å². The van der Waals surface area contributed by atoms with Crippen LogP contribution in [0.5, 0.6) is 0 Å². The van der Waals surface area contributed by atoms with Crippen LogP contribution in [-0.4, -0.2) is 19.0 Å². The summed E-state index contributed by atoms with van der Waals surface area (Å²) < 4.78 is 1.01. The molecule has 0 spiro atoms. The van der Waals surface area contributed by atoms with Crippen molar-refractivity contribution in [3.05, 3.63) is 33.3 Å². The van der Waals surface area contributed by atoms with Crippen molar-refractivity contribution in [2.45, 2.75) is 13.5 Å². The molecule has 0 saturated carbocycles. The summed E-state index contributed by atoms with van der Waals surface area (Å²) in [6, 6.07) is 5.74. The lowest BCUT2D eigenvalue weighted by Gasteiger charge is -2.07. The molecule has 0 fully saturated rings. The van der Waals surface area contributed by atoms with Gasteiger partial charge in [0.15, 0.2) is 0 Å². The third kappa shape index (κ3) is 4.96. The summed E-state index contributed by atoms with van der Waals surface area (Å²) in [6.07, 6.45) is 0. The van der Waals surface area contributed by atoms with E-state index in [1.165, 1.54) is 6.92 Å². The van der Waals surface area contributed by atoms with Gasteiger partial charge in [-0.1, -0.05) is 27.5 Å². The Labute approximate surface area is 109 Å². The van der Waals surface area contributed by atoms with Gasteiger partial charge < -0.3 is 10.6 Å². The first kappa shape index (κ1) is 13.5. The molecule has 2 N–H and O–H groups in total. The SMILES string of the molecule is CC(=O)NCCNCc1cc(Br)ccc1Cl. The number of carbonyl (C=O) groups excluding carboxylic acids is 1. The molecule has 0 bridgehead atoms. The molecule has 0 aliphatic heterocycles. The van der Waals surface area contributed by atoms with Crippen molar-refractivity contribution >= 4 is 33.4 Å². The monoisotopic (exact) mass is 304 g/mol. The van der Waals surface area contributed by atoms with E-state index in [1.807, 2.05) is 18.2 Å². The van der Waals surface area contributed by atoms with Crippen molar-refractivity contribution in [1.82, 2.24) is 10.6 Å². The maximum absolute atomic E-state index is 10.6. The molecule has 1 rings (SSSR count). The Morgan fingerprint density at radius 3 is 2.88 bits per heavy atom. The van der Waals surface area contributed by atoms with E-state index >= 15 is 0 Å². The van der Waals surface area contributed by atoms with Gasteiger partial charge in [0.1, 0.15) is 0 Å². The Balaban J connectivity index is 2.31. The Morgan fingerprint density at radius 1 is 1.44 bits per heavy atom. The molecular formula is C11H14BrClN2O. The molecule has 3 nitrogen and oxygen atoms in total. The molecule has 0 aromatic heterocycles. The Hall–Kier alpha value is -0.580. The molecule has 1 aromatic rings. The zero-order chi connectivity index (χ0) is 12.0. The summed E-state index contributed by atoms with van der Waals surface area (Å²) in [6.45, 7) is 3.55. The second-order valence-electron chi connectivity index (χ2n) is 3.40. The van der Waals surface area contributed by atoms with E-state index < -0.39 is 0 Å². The highest BCUT2D eigenvalue weighted by atomic mass is 79.9. The first-order chi connectivity index (χ1) is 7.59. The third-order valence-electron chi connectivity index (χ3n) is 2.00. The van der Waals surface area contributed by atoms with E-state index in [0.29, 0.717) is 13.1 Å². The van der Waals surface area contributed by atoms with Gasteiger partial charge in [-0.15, -0.1) is 0 Å². The Morgan fingerprint density at radius 2 is 2.19 bits per heavy atom. The van der Waals surface area contributed by atoms with E-state index in [0.717, 1.165) is 21.6 Å². The number of benzene rings is 1. The fourth-order valence-electron chi connectivity index (χ4n) is 1.23. The van der Waals surface area contributed by atoms with Crippen molar-refractivity contribution in [2.75, 3.05) is 13.1 Å². The summed E-state index contributed by atoms with van der Waals surface area (Å²) in [7, 11) is 0. The summed E-state index contributed by atoms with van der Waals surface area (Å²) in [5, 5.41) is 6.66. The van der Waals surface area contributed by atoms with Gasteiger partial charge in [0.2, 0.25) is 5.91 Å². The van der Waals surface area contributed by atoms with Crippen LogP contribution in [0.1, 0.15) is 12.5 Å². The van der Waals surface area contributed by atoms with E-state index in [-0.39, 0.29) is 5.91 Å². The minimum atomic E-state index is -0.0118. The lowest BCUT2D eigenvalue weighted by molar-refractivity contribution is -0.118. The molecule has 0 atom stereocenters. The molecule has 0 aliphatic carbocycles. The molecule has 1 aromatic carbocycles. The lowest BCUT2D eigenvalue weighted by Crippen LogP contribution is -2.29. The molecule has 0 unspecified atom stereocenters. The fraction of sp³-hybridized carbons (Fsp3) is 0.364.